The summed E-state index contributed by atoms with van der Waals surface area (Å²) in [5.41, 5.74) is 0. The smallest absolute Gasteiger partial charge is 0.308 e. The van der Waals surface area contributed by atoms with Crippen molar-refractivity contribution >= 4 is 42.9 Å². The summed E-state index contributed by atoms with van der Waals surface area (Å²) in [4.78, 5) is 0.801. The Labute approximate surface area is 161 Å². The van der Waals surface area contributed by atoms with Gasteiger partial charge >= 0.3 is 20.2 Å². The van der Waals surface area contributed by atoms with E-state index in [1.807, 2.05) is 0 Å². The SMILES string of the molecule is O=S(=O)(O)c1sc(Cc2sc(S(=O)(=O)O)c3c2OCCO3)c2c1OCCO2. The molecule has 2 N–H and O–H groups in total. The Morgan fingerprint density at radius 3 is 1.33 bits per heavy atom. The number of thiophene rings is 2. The Morgan fingerprint density at radius 1 is 0.667 bits per heavy atom. The van der Waals surface area contributed by atoms with Crippen LogP contribution < -0.4 is 18.9 Å². The van der Waals surface area contributed by atoms with Gasteiger partial charge in [0.15, 0.2) is 31.4 Å². The van der Waals surface area contributed by atoms with Crippen LogP contribution in [0.4, 0.5) is 0 Å². The van der Waals surface area contributed by atoms with E-state index < -0.39 is 20.2 Å². The molecule has 0 aromatic carbocycles. The first-order valence-corrected chi connectivity index (χ1v) is 11.9. The van der Waals surface area contributed by atoms with Gasteiger partial charge in [-0.05, 0) is 0 Å². The fourth-order valence-corrected chi connectivity index (χ4v) is 6.85. The van der Waals surface area contributed by atoms with Crippen molar-refractivity contribution in [1.29, 1.82) is 0 Å². The Morgan fingerprint density at radius 2 is 1.00 bits per heavy atom. The monoisotopic (exact) mass is 456 g/mol. The topological polar surface area (TPSA) is 146 Å². The van der Waals surface area contributed by atoms with Crippen LogP contribution >= 0.6 is 22.7 Å². The van der Waals surface area contributed by atoms with E-state index in [-0.39, 0.29) is 64.3 Å². The molecule has 2 aliphatic heterocycles. The Bertz CT molecular complexity index is 1020. The minimum atomic E-state index is -4.53. The number of hydrogen-bond acceptors (Lipinski definition) is 10. The Hall–Kier alpha value is -1.58. The number of fused-ring (bicyclic) bond motifs is 2. The molecule has 27 heavy (non-hydrogen) atoms. The van der Waals surface area contributed by atoms with Crippen LogP contribution in [-0.2, 0) is 26.7 Å². The van der Waals surface area contributed by atoms with E-state index >= 15 is 0 Å². The third-order valence-corrected chi connectivity index (χ3v) is 8.63. The molecule has 0 saturated carbocycles. The third kappa shape index (κ3) is 3.36. The lowest BCUT2D eigenvalue weighted by Gasteiger charge is -2.18. The van der Waals surface area contributed by atoms with Crippen molar-refractivity contribution < 1.29 is 44.9 Å². The summed E-state index contributed by atoms with van der Waals surface area (Å²) in [7, 11) is -9.05. The van der Waals surface area contributed by atoms with Crippen LogP contribution in [0.1, 0.15) is 9.75 Å². The molecule has 0 unspecified atom stereocenters. The summed E-state index contributed by atoms with van der Waals surface area (Å²) in [5, 5.41) is 0. The second-order valence-corrected chi connectivity index (χ2v) is 10.9. The first-order chi connectivity index (χ1) is 12.7. The summed E-state index contributed by atoms with van der Waals surface area (Å²) in [6.07, 6.45) is 0.0394. The number of ether oxygens (including phenoxy) is 4. The lowest BCUT2D eigenvalue weighted by molar-refractivity contribution is 0.166. The minimum absolute atomic E-state index is 0.0394. The summed E-state index contributed by atoms with van der Waals surface area (Å²) < 4.78 is 86.2. The molecular weight excluding hydrogens is 444 g/mol. The van der Waals surface area contributed by atoms with Crippen LogP contribution in [0, 0.1) is 0 Å². The zero-order valence-corrected chi connectivity index (χ0v) is 16.6. The van der Waals surface area contributed by atoms with Gasteiger partial charge in [-0.15, -0.1) is 22.7 Å². The van der Waals surface area contributed by atoms with Crippen molar-refractivity contribution in [3.8, 4) is 23.0 Å². The fourth-order valence-electron chi connectivity index (χ4n) is 2.68. The molecule has 0 bridgehead atoms. The molecule has 14 heteroatoms. The van der Waals surface area contributed by atoms with Gasteiger partial charge in [0, 0.05) is 6.42 Å². The lowest BCUT2D eigenvalue weighted by Crippen LogP contribution is -2.16. The van der Waals surface area contributed by atoms with Gasteiger partial charge in [0.25, 0.3) is 0 Å². The van der Waals surface area contributed by atoms with Crippen LogP contribution in [0.3, 0.4) is 0 Å². The average molecular weight is 456 g/mol. The Balaban J connectivity index is 1.82. The number of hydrogen-bond donors (Lipinski definition) is 2. The minimum Gasteiger partial charge on any atom is -0.485 e. The van der Waals surface area contributed by atoms with E-state index in [0.717, 1.165) is 22.7 Å². The second kappa shape index (κ2) is 6.49. The quantitative estimate of drug-likeness (QED) is 0.648. The first kappa shape index (κ1) is 18.8. The molecular formula is C13H12O10S4. The molecule has 4 rings (SSSR count). The van der Waals surface area contributed by atoms with Gasteiger partial charge in [-0.1, -0.05) is 0 Å². The molecule has 0 atom stereocenters. The molecule has 0 amide bonds. The van der Waals surface area contributed by atoms with E-state index in [9.17, 15) is 25.9 Å². The van der Waals surface area contributed by atoms with Crippen molar-refractivity contribution in [2.75, 3.05) is 26.4 Å². The zero-order valence-electron chi connectivity index (χ0n) is 13.3. The predicted molar refractivity (Wildman–Crippen MR) is 93.1 cm³/mol. The van der Waals surface area contributed by atoms with Gasteiger partial charge in [-0.2, -0.15) is 16.8 Å². The van der Waals surface area contributed by atoms with Crippen LogP contribution in [-0.4, -0.2) is 52.4 Å². The number of rotatable bonds is 4. The van der Waals surface area contributed by atoms with E-state index in [2.05, 4.69) is 0 Å². The summed E-state index contributed by atoms with van der Waals surface area (Å²) in [6.45, 7) is 0.647. The molecule has 2 aromatic rings. The van der Waals surface area contributed by atoms with Crippen LogP contribution in [0.2, 0.25) is 0 Å². The van der Waals surface area contributed by atoms with Crippen molar-refractivity contribution in [3.63, 3.8) is 0 Å². The first-order valence-electron chi connectivity index (χ1n) is 7.43. The molecule has 0 aliphatic carbocycles. The molecule has 2 aromatic heterocycles. The molecule has 148 valence electrons. The highest BCUT2D eigenvalue weighted by molar-refractivity contribution is 7.88. The molecule has 0 fully saturated rings. The molecule has 0 spiro atoms. The Kier molecular flexibility index (Phi) is 4.51. The normalized spacial score (nSPS) is 16.4. The predicted octanol–water partition coefficient (Wildman–Crippen LogP) is 1.44. The van der Waals surface area contributed by atoms with E-state index in [1.54, 1.807) is 0 Å². The van der Waals surface area contributed by atoms with Gasteiger partial charge in [0.05, 0.1) is 9.75 Å². The van der Waals surface area contributed by atoms with Crippen LogP contribution in [0.5, 0.6) is 23.0 Å². The standard InChI is InChI=1S/C13H12O10S4/c14-26(15,16)12-10-8(20-1-3-22-10)6(24-12)5-7-9-11(23-4-2-21-9)13(25-7)27(17,18)19/h1-5H2,(H,14,15,16)(H,17,18,19). The molecule has 4 heterocycles. The molecule has 2 aliphatic rings. The molecule has 0 radical (unpaired) electrons. The van der Waals surface area contributed by atoms with Gasteiger partial charge in [0.2, 0.25) is 0 Å². The van der Waals surface area contributed by atoms with E-state index in [0.29, 0.717) is 9.75 Å². The van der Waals surface area contributed by atoms with Crippen molar-refractivity contribution in [1.82, 2.24) is 0 Å². The summed E-state index contributed by atoms with van der Waals surface area (Å²) in [6, 6.07) is 0. The third-order valence-electron chi connectivity index (χ3n) is 3.66. The largest absolute Gasteiger partial charge is 0.485 e. The van der Waals surface area contributed by atoms with E-state index in [4.69, 9.17) is 18.9 Å². The fraction of sp³-hybridized carbons (Fsp3) is 0.385. The second-order valence-electron chi connectivity index (χ2n) is 5.46. The summed E-state index contributed by atoms with van der Waals surface area (Å²) >= 11 is 1.51. The van der Waals surface area contributed by atoms with Gasteiger partial charge in [-0.3, -0.25) is 9.11 Å². The highest BCUT2D eigenvalue weighted by Gasteiger charge is 2.34. The maximum Gasteiger partial charge on any atom is 0.308 e. The average Bonchev–Trinajstić information content (AvgIpc) is 3.15. The van der Waals surface area contributed by atoms with Gasteiger partial charge in [0.1, 0.15) is 26.4 Å². The van der Waals surface area contributed by atoms with Gasteiger partial charge in [-0.25, -0.2) is 0 Å². The lowest BCUT2D eigenvalue weighted by atomic mass is 10.2. The van der Waals surface area contributed by atoms with Crippen molar-refractivity contribution in [2.45, 2.75) is 14.8 Å². The summed E-state index contributed by atoms with van der Waals surface area (Å²) in [5.74, 6) is 0.208. The molecule has 10 nitrogen and oxygen atoms in total. The highest BCUT2D eigenvalue weighted by atomic mass is 32.3. The molecule has 0 saturated heterocycles. The van der Waals surface area contributed by atoms with E-state index in [1.165, 1.54) is 0 Å². The highest BCUT2D eigenvalue weighted by Crippen LogP contribution is 2.51. The van der Waals surface area contributed by atoms with Gasteiger partial charge < -0.3 is 18.9 Å². The maximum absolute atomic E-state index is 11.6. The van der Waals surface area contributed by atoms with Crippen LogP contribution in [0.15, 0.2) is 8.42 Å². The van der Waals surface area contributed by atoms with Crippen LogP contribution in [0.25, 0.3) is 0 Å². The maximum atomic E-state index is 11.6. The van der Waals surface area contributed by atoms with Crippen molar-refractivity contribution in [3.05, 3.63) is 9.75 Å². The zero-order chi connectivity index (χ0) is 19.4. The van der Waals surface area contributed by atoms with Crippen molar-refractivity contribution in [2.24, 2.45) is 0 Å².